The Morgan fingerprint density at radius 1 is 1.46 bits per heavy atom. The number of carbonyl (C=O) groups excluding carboxylic acids is 1. The third-order valence-corrected chi connectivity index (χ3v) is 1.63. The van der Waals surface area contributed by atoms with E-state index in [-0.39, 0.29) is 5.97 Å². The molecule has 0 aliphatic carbocycles. The Morgan fingerprint density at radius 3 is 2.69 bits per heavy atom. The molecule has 0 spiro atoms. The summed E-state index contributed by atoms with van der Waals surface area (Å²) in [6.07, 6.45) is 4.82. The van der Waals surface area contributed by atoms with E-state index in [0.717, 1.165) is 25.8 Å². The maximum Gasteiger partial charge on any atom is 0.352 e. The first kappa shape index (κ1) is 12.2. The Balaban J connectivity index is 3.56. The van der Waals surface area contributed by atoms with Crippen LogP contribution in [0.4, 0.5) is 0 Å². The van der Waals surface area contributed by atoms with Gasteiger partial charge < -0.3 is 4.84 Å². The van der Waals surface area contributed by atoms with Crippen molar-refractivity contribution in [3.63, 3.8) is 0 Å². The second-order valence-electron chi connectivity index (χ2n) is 2.93. The van der Waals surface area contributed by atoms with Crippen LogP contribution in [0.15, 0.2) is 11.6 Å². The van der Waals surface area contributed by atoms with Crippen molar-refractivity contribution in [2.24, 2.45) is 0 Å². The van der Waals surface area contributed by atoms with Crippen molar-refractivity contribution >= 4 is 5.97 Å². The average Bonchev–Trinajstić information content (AvgIpc) is 2.12. The number of allylic oxidation sites excluding steroid dienone is 1. The lowest BCUT2D eigenvalue weighted by Crippen LogP contribution is -2.21. The molecule has 0 atom stereocenters. The molecule has 1 N–H and O–H groups in total. The van der Waals surface area contributed by atoms with Crippen LogP contribution in [0, 0.1) is 0 Å². The van der Waals surface area contributed by atoms with Crippen molar-refractivity contribution < 1.29 is 9.63 Å². The Hall–Kier alpha value is -0.830. The normalized spacial score (nSPS) is 11.5. The fourth-order valence-corrected chi connectivity index (χ4v) is 0.836. The summed E-state index contributed by atoms with van der Waals surface area (Å²) in [4.78, 5) is 15.9. The summed E-state index contributed by atoms with van der Waals surface area (Å²) in [5.74, 6) is -0.280. The van der Waals surface area contributed by atoms with Crippen LogP contribution in [-0.2, 0) is 9.63 Å². The molecule has 0 saturated carbocycles. The first-order valence-electron chi connectivity index (χ1n) is 4.83. The van der Waals surface area contributed by atoms with E-state index in [2.05, 4.69) is 12.4 Å². The highest BCUT2D eigenvalue weighted by Gasteiger charge is 2.03. The van der Waals surface area contributed by atoms with Crippen LogP contribution < -0.4 is 5.48 Å². The van der Waals surface area contributed by atoms with Gasteiger partial charge >= 0.3 is 5.97 Å². The fourth-order valence-electron chi connectivity index (χ4n) is 0.836. The van der Waals surface area contributed by atoms with E-state index in [0.29, 0.717) is 5.57 Å². The number of nitrogens with one attached hydrogen (secondary N) is 1. The van der Waals surface area contributed by atoms with Crippen LogP contribution in [0.2, 0.25) is 0 Å². The Kier molecular flexibility index (Phi) is 7.30. The number of unbranched alkanes of at least 4 members (excludes halogenated alkanes) is 1. The quantitative estimate of drug-likeness (QED) is 0.391. The van der Waals surface area contributed by atoms with Crippen LogP contribution in [-0.4, -0.2) is 12.5 Å². The summed E-state index contributed by atoms with van der Waals surface area (Å²) in [5, 5.41) is 0. The monoisotopic (exact) mass is 185 g/mol. The zero-order chi connectivity index (χ0) is 10.1. The number of hydrogen-bond acceptors (Lipinski definition) is 3. The van der Waals surface area contributed by atoms with E-state index in [4.69, 9.17) is 4.84 Å². The molecule has 0 heterocycles. The molecule has 0 aromatic rings. The van der Waals surface area contributed by atoms with Gasteiger partial charge in [-0.15, -0.1) is 0 Å². The maximum atomic E-state index is 11.1. The molecule has 0 bridgehead atoms. The van der Waals surface area contributed by atoms with Crippen molar-refractivity contribution in [2.45, 2.75) is 40.0 Å². The molecule has 0 unspecified atom stereocenters. The molecule has 0 radical (unpaired) electrons. The van der Waals surface area contributed by atoms with Crippen molar-refractivity contribution in [1.82, 2.24) is 5.48 Å². The zero-order valence-corrected chi connectivity index (χ0v) is 8.72. The maximum absolute atomic E-state index is 11.1. The van der Waals surface area contributed by atoms with Gasteiger partial charge in [0.15, 0.2) is 0 Å². The smallest absolute Gasteiger partial charge is 0.352 e. The minimum absolute atomic E-state index is 0.280. The molecule has 3 heteroatoms. The summed E-state index contributed by atoms with van der Waals surface area (Å²) in [6, 6.07) is 0. The Bertz CT molecular complexity index is 176. The van der Waals surface area contributed by atoms with Crippen molar-refractivity contribution in [2.75, 3.05) is 6.54 Å². The van der Waals surface area contributed by atoms with Crippen molar-refractivity contribution in [3.05, 3.63) is 11.6 Å². The average molecular weight is 185 g/mol. The van der Waals surface area contributed by atoms with Gasteiger partial charge in [-0.2, -0.15) is 5.48 Å². The molecule has 0 saturated heterocycles. The second-order valence-corrected chi connectivity index (χ2v) is 2.93. The topological polar surface area (TPSA) is 38.3 Å². The minimum Gasteiger partial charge on any atom is -0.367 e. The van der Waals surface area contributed by atoms with Crippen LogP contribution in [0.3, 0.4) is 0 Å². The van der Waals surface area contributed by atoms with Gasteiger partial charge in [-0.05, 0) is 19.8 Å². The van der Waals surface area contributed by atoms with E-state index >= 15 is 0 Å². The largest absolute Gasteiger partial charge is 0.367 e. The molecule has 76 valence electrons. The van der Waals surface area contributed by atoms with E-state index < -0.39 is 0 Å². The van der Waals surface area contributed by atoms with Gasteiger partial charge in [0.2, 0.25) is 0 Å². The molecule has 0 fully saturated rings. The summed E-state index contributed by atoms with van der Waals surface area (Å²) in [5.41, 5.74) is 3.29. The van der Waals surface area contributed by atoms with E-state index in [1.807, 2.05) is 13.0 Å². The predicted octanol–water partition coefficient (Wildman–Crippen LogP) is 2.19. The van der Waals surface area contributed by atoms with Gasteiger partial charge in [-0.1, -0.05) is 26.3 Å². The van der Waals surface area contributed by atoms with Crippen molar-refractivity contribution in [3.8, 4) is 0 Å². The Labute approximate surface area is 80.1 Å². The van der Waals surface area contributed by atoms with Gasteiger partial charge in [-0.3, -0.25) is 0 Å². The number of hydrogen-bond donors (Lipinski definition) is 1. The van der Waals surface area contributed by atoms with E-state index in [9.17, 15) is 4.79 Å². The first-order valence-corrected chi connectivity index (χ1v) is 4.83. The summed E-state index contributed by atoms with van der Waals surface area (Å²) < 4.78 is 0. The highest BCUT2D eigenvalue weighted by Crippen LogP contribution is 1.96. The number of rotatable bonds is 6. The van der Waals surface area contributed by atoms with Gasteiger partial charge in [0, 0.05) is 12.1 Å². The molecular weight excluding hydrogens is 166 g/mol. The standard InChI is InChI=1S/C10H19NO2/c1-4-6-8-11-13-10(12)9(3)7-5-2/h7,11H,4-6,8H2,1-3H3/b9-7+. The molecule has 0 aromatic carbocycles. The minimum atomic E-state index is -0.280. The number of carbonyl (C=O) groups is 1. The molecule has 3 nitrogen and oxygen atoms in total. The number of hydroxylamine groups is 1. The first-order chi connectivity index (χ1) is 6.22. The van der Waals surface area contributed by atoms with Gasteiger partial charge in [0.05, 0.1) is 0 Å². The van der Waals surface area contributed by atoms with Crippen LogP contribution in [0.5, 0.6) is 0 Å². The van der Waals surface area contributed by atoms with Crippen molar-refractivity contribution in [1.29, 1.82) is 0 Å². The molecule has 0 rings (SSSR count). The third kappa shape index (κ3) is 6.34. The third-order valence-electron chi connectivity index (χ3n) is 1.63. The molecule has 0 aromatic heterocycles. The highest BCUT2D eigenvalue weighted by atomic mass is 16.7. The molecule has 0 aliphatic heterocycles. The van der Waals surface area contributed by atoms with E-state index in [1.165, 1.54) is 0 Å². The highest BCUT2D eigenvalue weighted by molar-refractivity contribution is 5.87. The lowest BCUT2D eigenvalue weighted by molar-refractivity contribution is -0.146. The van der Waals surface area contributed by atoms with Crippen LogP contribution >= 0.6 is 0 Å². The van der Waals surface area contributed by atoms with Gasteiger partial charge in [-0.25, -0.2) is 4.79 Å². The van der Waals surface area contributed by atoms with Crippen LogP contribution in [0.25, 0.3) is 0 Å². The molecule has 0 aliphatic rings. The van der Waals surface area contributed by atoms with E-state index in [1.54, 1.807) is 6.92 Å². The summed E-state index contributed by atoms with van der Waals surface area (Å²) >= 11 is 0. The van der Waals surface area contributed by atoms with Gasteiger partial charge in [0.25, 0.3) is 0 Å². The summed E-state index contributed by atoms with van der Waals surface area (Å²) in [6.45, 7) is 6.56. The Morgan fingerprint density at radius 2 is 2.15 bits per heavy atom. The lowest BCUT2D eigenvalue weighted by Gasteiger charge is -2.04. The molecular formula is C10H19NO2. The fraction of sp³-hybridized carbons (Fsp3) is 0.700. The zero-order valence-electron chi connectivity index (χ0n) is 8.72. The van der Waals surface area contributed by atoms with Crippen LogP contribution in [0.1, 0.15) is 40.0 Å². The summed E-state index contributed by atoms with van der Waals surface area (Å²) in [7, 11) is 0. The second kappa shape index (κ2) is 7.80. The van der Waals surface area contributed by atoms with Gasteiger partial charge in [0.1, 0.15) is 0 Å². The SMILES string of the molecule is CC/C=C(\C)C(=O)ONCCCC. The molecule has 13 heavy (non-hydrogen) atoms. The lowest BCUT2D eigenvalue weighted by atomic mass is 10.2. The molecule has 0 amide bonds. The predicted molar refractivity (Wildman–Crippen MR) is 53.1 cm³/mol.